The topological polar surface area (TPSA) is 188 Å². The van der Waals surface area contributed by atoms with Crippen LogP contribution in [0.15, 0.2) is 16.2 Å². The first kappa shape index (κ1) is 14.3. The summed E-state index contributed by atoms with van der Waals surface area (Å²) in [5.41, 5.74) is 13.8. The Balaban J connectivity index is 2.13. The zero-order valence-electron chi connectivity index (χ0n) is 11.1. The molecule has 2 aromatic rings. The van der Waals surface area contributed by atoms with Gasteiger partial charge in [-0.05, 0) is 5.53 Å². The molecule has 0 aromatic carbocycles. The lowest BCUT2D eigenvalue weighted by atomic mass is 10.1. The third-order valence-corrected chi connectivity index (χ3v) is 3.43. The Morgan fingerprint density at radius 3 is 3.09 bits per heavy atom. The lowest BCUT2D eigenvalue weighted by Crippen LogP contribution is -2.31. The zero-order valence-corrected chi connectivity index (χ0v) is 11.1. The number of rotatable bonds is 3. The number of imidazole rings is 1. The van der Waals surface area contributed by atoms with E-state index in [1.807, 2.05) is 0 Å². The Morgan fingerprint density at radius 2 is 2.41 bits per heavy atom. The van der Waals surface area contributed by atoms with Crippen LogP contribution in [0.4, 0.5) is 5.95 Å². The number of nitrogens with zero attached hydrogens (tertiary/aromatic N) is 6. The fourth-order valence-corrected chi connectivity index (χ4v) is 2.42. The number of ether oxygens (including phenoxy) is 1. The predicted molar refractivity (Wildman–Crippen MR) is 72.5 cm³/mol. The molecule has 22 heavy (non-hydrogen) atoms. The van der Waals surface area contributed by atoms with Crippen LogP contribution >= 0.6 is 0 Å². The molecule has 0 bridgehead atoms. The molecule has 5 N–H and O–H groups in total. The molecule has 4 atom stereocenters. The van der Waals surface area contributed by atoms with E-state index >= 15 is 0 Å². The maximum Gasteiger partial charge on any atom is 0.280 e. The highest BCUT2D eigenvalue weighted by molar-refractivity contribution is 5.70. The van der Waals surface area contributed by atoms with Gasteiger partial charge in [0.25, 0.3) is 5.56 Å². The molecule has 1 aliphatic heterocycles. The van der Waals surface area contributed by atoms with Crippen LogP contribution in [0.3, 0.4) is 0 Å². The van der Waals surface area contributed by atoms with E-state index in [0.717, 1.165) is 0 Å². The Kier molecular flexibility index (Phi) is 3.42. The van der Waals surface area contributed by atoms with Crippen molar-refractivity contribution in [2.75, 3.05) is 12.3 Å². The third kappa shape index (κ3) is 2.07. The average molecular weight is 308 g/mol. The number of hydrogen-bond donors (Lipinski definition) is 4. The second-order valence-electron chi connectivity index (χ2n) is 4.71. The number of azide groups is 1. The molecule has 3 rings (SSSR count). The minimum atomic E-state index is -1.21. The van der Waals surface area contributed by atoms with Gasteiger partial charge in [0.15, 0.2) is 11.2 Å². The third-order valence-electron chi connectivity index (χ3n) is 3.43. The molecule has 12 heteroatoms. The quantitative estimate of drug-likeness (QED) is 0.305. The number of nitrogen functional groups attached to an aromatic ring is 1. The van der Waals surface area contributed by atoms with Gasteiger partial charge in [-0.3, -0.25) is 14.3 Å². The van der Waals surface area contributed by atoms with E-state index in [0.29, 0.717) is 0 Å². The monoisotopic (exact) mass is 308 g/mol. The van der Waals surface area contributed by atoms with E-state index < -0.39 is 36.6 Å². The van der Waals surface area contributed by atoms with Crippen molar-refractivity contribution in [1.82, 2.24) is 19.5 Å². The van der Waals surface area contributed by atoms with Gasteiger partial charge in [-0.1, -0.05) is 5.11 Å². The van der Waals surface area contributed by atoms with Crippen LogP contribution in [0.25, 0.3) is 21.6 Å². The van der Waals surface area contributed by atoms with Crippen LogP contribution in [-0.4, -0.2) is 54.6 Å². The minimum Gasteiger partial charge on any atom is -0.394 e. The van der Waals surface area contributed by atoms with Gasteiger partial charge in [0.05, 0.1) is 19.0 Å². The summed E-state index contributed by atoms with van der Waals surface area (Å²) in [6, 6.07) is -1.01. The molecule has 116 valence electrons. The Labute approximate surface area is 121 Å². The lowest BCUT2D eigenvalue weighted by Gasteiger charge is -2.16. The summed E-state index contributed by atoms with van der Waals surface area (Å²) in [5.74, 6) is -0.114. The van der Waals surface area contributed by atoms with Crippen LogP contribution in [0, 0.1) is 0 Å². The standard InChI is InChI=1S/C10H12N8O4/c11-10-14-7-5(8(21)15-10)13-2-18(7)9-4(16-17-12)6(20)3(1-19)22-9/h2-4,6,9,19-20H,1H2,(H3,11,14,15,21)/t3-,4?,6?,9-/m1/s1. The molecule has 0 saturated carbocycles. The Morgan fingerprint density at radius 1 is 1.64 bits per heavy atom. The zero-order chi connectivity index (χ0) is 15.9. The fraction of sp³-hybridized carbons (Fsp3) is 0.500. The Hall–Kier alpha value is -2.66. The van der Waals surface area contributed by atoms with Crippen LogP contribution in [-0.2, 0) is 4.74 Å². The van der Waals surface area contributed by atoms with Crippen molar-refractivity contribution >= 4 is 17.1 Å². The van der Waals surface area contributed by atoms with E-state index in [1.54, 1.807) is 0 Å². The van der Waals surface area contributed by atoms with Crippen LogP contribution in [0.2, 0.25) is 0 Å². The summed E-state index contributed by atoms with van der Waals surface area (Å²) in [5, 5.41) is 22.7. The highest BCUT2D eigenvalue weighted by Crippen LogP contribution is 2.33. The second-order valence-corrected chi connectivity index (χ2v) is 4.71. The van der Waals surface area contributed by atoms with Crippen molar-refractivity contribution in [2.24, 2.45) is 5.11 Å². The predicted octanol–water partition coefficient (Wildman–Crippen LogP) is -1.37. The summed E-state index contributed by atoms with van der Waals surface area (Å²) >= 11 is 0. The number of nitrogens with one attached hydrogen (secondary N) is 1. The number of anilines is 1. The van der Waals surface area contributed by atoms with Crippen molar-refractivity contribution in [2.45, 2.75) is 24.5 Å². The van der Waals surface area contributed by atoms with E-state index in [-0.39, 0.29) is 17.1 Å². The van der Waals surface area contributed by atoms with Crippen molar-refractivity contribution < 1.29 is 14.9 Å². The lowest BCUT2D eigenvalue weighted by molar-refractivity contribution is -0.0436. The number of aromatic amines is 1. The van der Waals surface area contributed by atoms with Crippen LogP contribution < -0.4 is 11.3 Å². The first-order valence-corrected chi connectivity index (χ1v) is 6.27. The number of aliphatic hydroxyl groups is 2. The minimum absolute atomic E-state index is 0.0272. The van der Waals surface area contributed by atoms with Gasteiger partial charge >= 0.3 is 0 Å². The summed E-state index contributed by atoms with van der Waals surface area (Å²) in [7, 11) is 0. The normalized spacial score (nSPS) is 27.9. The number of aliphatic hydroxyl groups excluding tert-OH is 2. The molecular formula is C10H12N8O4. The van der Waals surface area contributed by atoms with Gasteiger partial charge in [-0.15, -0.1) is 0 Å². The Bertz CT molecular complexity index is 809. The summed E-state index contributed by atoms with van der Waals surface area (Å²) in [6.07, 6.45) is -1.84. The number of H-pyrrole nitrogens is 1. The molecule has 0 radical (unpaired) electrons. The molecule has 1 saturated heterocycles. The first-order valence-electron chi connectivity index (χ1n) is 6.27. The number of hydrogen-bond acceptors (Lipinski definition) is 8. The molecule has 1 fully saturated rings. The molecule has 0 amide bonds. The van der Waals surface area contributed by atoms with Gasteiger partial charge in [0.1, 0.15) is 18.4 Å². The fourth-order valence-electron chi connectivity index (χ4n) is 2.42. The van der Waals surface area contributed by atoms with Crippen LogP contribution in [0.1, 0.15) is 6.23 Å². The smallest absolute Gasteiger partial charge is 0.280 e. The van der Waals surface area contributed by atoms with Crippen molar-refractivity contribution in [3.63, 3.8) is 0 Å². The first-order chi connectivity index (χ1) is 10.6. The maximum atomic E-state index is 11.8. The number of aromatic nitrogens is 4. The van der Waals surface area contributed by atoms with E-state index in [4.69, 9.17) is 16.0 Å². The summed E-state index contributed by atoms with van der Waals surface area (Å²) in [6.45, 7) is -0.460. The maximum absolute atomic E-state index is 11.8. The van der Waals surface area contributed by atoms with Gasteiger partial charge in [-0.25, -0.2) is 4.98 Å². The number of fused-ring (bicyclic) bond motifs is 1. The molecule has 0 spiro atoms. The SMILES string of the molecule is [N-]=[N+]=NC1C(O)[C@@H](CO)O[C@H]1n1cnc2c(=O)[nH]c(N)nc21. The van der Waals surface area contributed by atoms with Gasteiger partial charge < -0.3 is 20.7 Å². The average Bonchev–Trinajstić information content (AvgIpc) is 3.02. The van der Waals surface area contributed by atoms with Gasteiger partial charge in [0.2, 0.25) is 5.95 Å². The molecular weight excluding hydrogens is 296 g/mol. The highest BCUT2D eigenvalue weighted by atomic mass is 16.5. The van der Waals surface area contributed by atoms with Crippen LogP contribution in [0.5, 0.6) is 0 Å². The molecule has 0 aliphatic carbocycles. The highest BCUT2D eigenvalue weighted by Gasteiger charge is 2.44. The molecule has 12 nitrogen and oxygen atoms in total. The van der Waals surface area contributed by atoms with E-state index in [9.17, 15) is 15.0 Å². The van der Waals surface area contributed by atoms with Crippen molar-refractivity contribution in [3.8, 4) is 0 Å². The van der Waals surface area contributed by atoms with Gasteiger partial charge in [-0.2, -0.15) is 4.98 Å². The van der Waals surface area contributed by atoms with Crippen molar-refractivity contribution in [3.05, 3.63) is 27.1 Å². The molecule has 2 unspecified atom stereocenters. The molecule has 3 heterocycles. The summed E-state index contributed by atoms with van der Waals surface area (Å²) < 4.78 is 6.82. The largest absolute Gasteiger partial charge is 0.394 e. The van der Waals surface area contributed by atoms with E-state index in [1.165, 1.54) is 10.9 Å². The second kappa shape index (κ2) is 5.27. The molecule has 2 aromatic heterocycles. The summed E-state index contributed by atoms with van der Waals surface area (Å²) in [4.78, 5) is 24.6. The number of nitrogens with two attached hydrogens (primary N) is 1. The molecule has 1 aliphatic rings. The van der Waals surface area contributed by atoms with E-state index in [2.05, 4.69) is 25.0 Å². The van der Waals surface area contributed by atoms with Crippen molar-refractivity contribution in [1.29, 1.82) is 0 Å². The van der Waals surface area contributed by atoms with Gasteiger partial charge in [0, 0.05) is 4.91 Å².